The third-order valence-corrected chi connectivity index (χ3v) is 2.09. The second-order valence-electron chi connectivity index (χ2n) is 3.32. The van der Waals surface area contributed by atoms with E-state index in [0.717, 1.165) is 11.3 Å². The van der Waals surface area contributed by atoms with Gasteiger partial charge in [-0.15, -0.1) is 0 Å². The first-order chi connectivity index (χ1) is 6.66. The highest BCUT2D eigenvalue weighted by molar-refractivity contribution is 5.57. The van der Waals surface area contributed by atoms with Crippen molar-refractivity contribution in [2.24, 2.45) is 7.05 Å². The largest absolute Gasteiger partial charge is 0.340 e. The van der Waals surface area contributed by atoms with Crippen molar-refractivity contribution in [1.29, 1.82) is 0 Å². The van der Waals surface area contributed by atoms with Gasteiger partial charge in [0, 0.05) is 30.6 Å². The first-order valence-electron chi connectivity index (χ1n) is 4.34. The average molecular weight is 189 g/mol. The van der Waals surface area contributed by atoms with E-state index in [9.17, 15) is 4.79 Å². The van der Waals surface area contributed by atoms with E-state index in [4.69, 9.17) is 0 Å². The Bertz CT molecular complexity index is 510. The molecule has 72 valence electrons. The second-order valence-corrected chi connectivity index (χ2v) is 3.32. The molecule has 14 heavy (non-hydrogen) atoms. The topological polar surface area (TPSA) is 50.7 Å². The van der Waals surface area contributed by atoms with Gasteiger partial charge < -0.3 is 9.55 Å². The van der Waals surface area contributed by atoms with E-state index in [2.05, 4.69) is 9.97 Å². The molecule has 0 saturated heterocycles. The fourth-order valence-corrected chi connectivity index (χ4v) is 1.31. The summed E-state index contributed by atoms with van der Waals surface area (Å²) in [6, 6.07) is 1.83. The van der Waals surface area contributed by atoms with E-state index in [-0.39, 0.29) is 5.56 Å². The van der Waals surface area contributed by atoms with Crippen LogP contribution in [0, 0.1) is 6.92 Å². The first-order valence-corrected chi connectivity index (χ1v) is 4.34. The van der Waals surface area contributed by atoms with Crippen LogP contribution in [0.4, 0.5) is 0 Å². The number of imidazole rings is 1. The fourth-order valence-electron chi connectivity index (χ4n) is 1.31. The van der Waals surface area contributed by atoms with Crippen molar-refractivity contribution < 1.29 is 0 Å². The molecule has 0 amide bonds. The molecule has 0 radical (unpaired) electrons. The lowest BCUT2D eigenvalue weighted by atomic mass is 10.2. The van der Waals surface area contributed by atoms with Crippen LogP contribution in [0.15, 0.2) is 29.6 Å². The third-order valence-electron chi connectivity index (χ3n) is 2.09. The maximum absolute atomic E-state index is 11.1. The molecule has 4 heteroatoms. The molecule has 4 nitrogen and oxygen atoms in total. The number of pyridine rings is 1. The number of rotatable bonds is 1. The molecule has 0 unspecified atom stereocenters. The van der Waals surface area contributed by atoms with E-state index < -0.39 is 0 Å². The Kier molecular flexibility index (Phi) is 1.96. The molecule has 2 rings (SSSR count). The highest BCUT2D eigenvalue weighted by Crippen LogP contribution is 2.14. The smallest absolute Gasteiger partial charge is 0.250 e. The van der Waals surface area contributed by atoms with Crippen molar-refractivity contribution in [3.05, 3.63) is 40.7 Å². The van der Waals surface area contributed by atoms with Gasteiger partial charge >= 0.3 is 0 Å². The molecule has 0 spiro atoms. The predicted octanol–water partition coefficient (Wildman–Crippen LogP) is 1.08. The Morgan fingerprint density at radius 3 is 2.86 bits per heavy atom. The van der Waals surface area contributed by atoms with E-state index in [1.165, 1.54) is 0 Å². The zero-order valence-electron chi connectivity index (χ0n) is 8.11. The molecule has 1 N–H and O–H groups in total. The summed E-state index contributed by atoms with van der Waals surface area (Å²) in [5.74, 6) is 0. The number of hydrogen-bond acceptors (Lipinski definition) is 2. The van der Waals surface area contributed by atoms with Gasteiger partial charge in [0.05, 0.1) is 12.0 Å². The maximum atomic E-state index is 11.1. The van der Waals surface area contributed by atoms with Gasteiger partial charge in [0.2, 0.25) is 0 Å². The molecule has 2 aromatic heterocycles. The Hall–Kier alpha value is -1.84. The molecule has 0 bridgehead atoms. The van der Waals surface area contributed by atoms with Crippen molar-refractivity contribution in [1.82, 2.24) is 14.5 Å². The molecule has 0 saturated carbocycles. The SMILES string of the molecule is Cc1cc(-c2cn(C)cn2)c[nH]c1=O. The summed E-state index contributed by atoms with van der Waals surface area (Å²) < 4.78 is 1.87. The van der Waals surface area contributed by atoms with Crippen molar-refractivity contribution >= 4 is 0 Å². The summed E-state index contributed by atoms with van der Waals surface area (Å²) in [4.78, 5) is 18.0. The molecule has 0 atom stereocenters. The number of hydrogen-bond donors (Lipinski definition) is 1. The van der Waals surface area contributed by atoms with Crippen molar-refractivity contribution in [2.45, 2.75) is 6.92 Å². The van der Waals surface area contributed by atoms with Gasteiger partial charge in [0.1, 0.15) is 0 Å². The summed E-state index contributed by atoms with van der Waals surface area (Å²) in [6.45, 7) is 1.78. The zero-order valence-corrected chi connectivity index (χ0v) is 8.11. The van der Waals surface area contributed by atoms with Gasteiger partial charge in [0.15, 0.2) is 0 Å². The minimum atomic E-state index is -0.0512. The number of nitrogens with zero attached hydrogens (tertiary/aromatic N) is 2. The van der Waals surface area contributed by atoms with Gasteiger partial charge in [-0.25, -0.2) is 4.98 Å². The molecule has 0 aliphatic heterocycles. The minimum absolute atomic E-state index is 0.0512. The lowest BCUT2D eigenvalue weighted by molar-refractivity contribution is 0.913. The van der Waals surface area contributed by atoms with E-state index in [0.29, 0.717) is 5.56 Å². The van der Waals surface area contributed by atoms with E-state index in [1.54, 1.807) is 19.4 Å². The first kappa shape index (κ1) is 8.74. The molecule has 0 aliphatic rings. The minimum Gasteiger partial charge on any atom is -0.340 e. The normalized spacial score (nSPS) is 10.4. The molecule has 2 heterocycles. The Balaban J connectivity index is 2.52. The number of aromatic nitrogens is 3. The quantitative estimate of drug-likeness (QED) is 0.729. The molecular formula is C10H11N3O. The van der Waals surface area contributed by atoms with Crippen LogP contribution in [-0.2, 0) is 7.05 Å². The average Bonchev–Trinajstić information content (AvgIpc) is 2.57. The van der Waals surface area contributed by atoms with Crippen LogP contribution in [0.5, 0.6) is 0 Å². The Morgan fingerprint density at radius 2 is 2.29 bits per heavy atom. The standard InChI is InChI=1S/C10H11N3O/c1-7-3-8(4-11-10(7)14)9-5-13(2)6-12-9/h3-6H,1-2H3,(H,11,14). The Morgan fingerprint density at radius 1 is 1.50 bits per heavy atom. The van der Waals surface area contributed by atoms with Crippen LogP contribution in [0.3, 0.4) is 0 Å². The molecule has 0 aliphatic carbocycles. The maximum Gasteiger partial charge on any atom is 0.250 e. The monoisotopic (exact) mass is 189 g/mol. The molecule has 0 aromatic carbocycles. The van der Waals surface area contributed by atoms with Crippen LogP contribution in [0.25, 0.3) is 11.3 Å². The zero-order chi connectivity index (χ0) is 10.1. The van der Waals surface area contributed by atoms with Gasteiger partial charge in [0.25, 0.3) is 5.56 Å². The van der Waals surface area contributed by atoms with E-state index >= 15 is 0 Å². The lowest BCUT2D eigenvalue weighted by Crippen LogP contribution is -2.07. The number of aryl methyl sites for hydroxylation is 2. The van der Waals surface area contributed by atoms with Crippen molar-refractivity contribution in [3.63, 3.8) is 0 Å². The van der Waals surface area contributed by atoms with Crippen LogP contribution in [0.1, 0.15) is 5.56 Å². The Labute approximate surface area is 81.2 Å². The molecule has 0 fully saturated rings. The summed E-state index contributed by atoms with van der Waals surface area (Å²) in [5, 5.41) is 0. The predicted molar refractivity (Wildman–Crippen MR) is 54.0 cm³/mol. The van der Waals surface area contributed by atoms with Crippen LogP contribution in [0.2, 0.25) is 0 Å². The summed E-state index contributed by atoms with van der Waals surface area (Å²) >= 11 is 0. The number of nitrogens with one attached hydrogen (secondary N) is 1. The van der Waals surface area contributed by atoms with Gasteiger partial charge in [-0.3, -0.25) is 4.79 Å². The summed E-state index contributed by atoms with van der Waals surface area (Å²) in [5.41, 5.74) is 2.45. The second kappa shape index (κ2) is 3.14. The van der Waals surface area contributed by atoms with E-state index in [1.807, 2.05) is 23.9 Å². The summed E-state index contributed by atoms with van der Waals surface area (Å²) in [6.07, 6.45) is 5.32. The van der Waals surface area contributed by atoms with Crippen molar-refractivity contribution in [3.8, 4) is 11.3 Å². The number of aromatic amines is 1. The van der Waals surface area contributed by atoms with Crippen LogP contribution >= 0.6 is 0 Å². The number of H-pyrrole nitrogens is 1. The van der Waals surface area contributed by atoms with Crippen molar-refractivity contribution in [2.75, 3.05) is 0 Å². The molecular weight excluding hydrogens is 178 g/mol. The van der Waals surface area contributed by atoms with Gasteiger partial charge in [-0.05, 0) is 13.0 Å². The van der Waals surface area contributed by atoms with Gasteiger partial charge in [-0.1, -0.05) is 0 Å². The molecule has 2 aromatic rings. The summed E-state index contributed by atoms with van der Waals surface area (Å²) in [7, 11) is 1.91. The highest BCUT2D eigenvalue weighted by Gasteiger charge is 2.02. The lowest BCUT2D eigenvalue weighted by Gasteiger charge is -1.96. The van der Waals surface area contributed by atoms with Gasteiger partial charge in [-0.2, -0.15) is 0 Å². The third kappa shape index (κ3) is 1.46. The fraction of sp³-hybridized carbons (Fsp3) is 0.200. The van der Waals surface area contributed by atoms with Crippen LogP contribution in [-0.4, -0.2) is 14.5 Å². The highest BCUT2D eigenvalue weighted by atomic mass is 16.1. The van der Waals surface area contributed by atoms with Crippen LogP contribution < -0.4 is 5.56 Å².